The van der Waals surface area contributed by atoms with Crippen LogP contribution in [0.25, 0.3) is 10.2 Å². The number of anilines is 1. The van der Waals surface area contributed by atoms with Crippen LogP contribution in [0.5, 0.6) is 0 Å². The highest BCUT2D eigenvalue weighted by molar-refractivity contribution is 7.18. The molecule has 104 valence electrons. The summed E-state index contributed by atoms with van der Waals surface area (Å²) in [6.45, 7) is 3.88. The van der Waals surface area contributed by atoms with Crippen LogP contribution in [0.3, 0.4) is 0 Å². The molecule has 6 heteroatoms. The van der Waals surface area contributed by atoms with Gasteiger partial charge in [-0.15, -0.1) is 23.7 Å². The van der Waals surface area contributed by atoms with Gasteiger partial charge in [0.1, 0.15) is 0 Å². The van der Waals surface area contributed by atoms with Crippen molar-refractivity contribution in [1.29, 1.82) is 0 Å². The molecule has 19 heavy (non-hydrogen) atoms. The summed E-state index contributed by atoms with van der Waals surface area (Å²) in [4.78, 5) is 16.1. The predicted octanol–water partition coefficient (Wildman–Crippen LogP) is 3.09. The Morgan fingerprint density at radius 2 is 2.26 bits per heavy atom. The lowest BCUT2D eigenvalue weighted by Crippen LogP contribution is -2.19. The number of benzene rings is 1. The minimum atomic E-state index is 0. The molecule has 1 atom stereocenters. The smallest absolute Gasteiger partial charge is 0.224 e. The average Bonchev–Trinajstić information content (AvgIpc) is 2.66. The van der Waals surface area contributed by atoms with Crippen LogP contribution in [0.2, 0.25) is 0 Å². The number of hydrogen-bond donors (Lipinski definition) is 2. The topological polar surface area (TPSA) is 68.0 Å². The van der Waals surface area contributed by atoms with Gasteiger partial charge in [-0.1, -0.05) is 0 Å². The maximum atomic E-state index is 11.7. The second kappa shape index (κ2) is 6.84. The van der Waals surface area contributed by atoms with Crippen LogP contribution in [-0.2, 0) is 4.79 Å². The molecule has 0 saturated heterocycles. The molecule has 1 heterocycles. The lowest BCUT2D eigenvalue weighted by molar-refractivity contribution is -0.116. The van der Waals surface area contributed by atoms with Gasteiger partial charge < -0.3 is 11.1 Å². The number of hydrogen-bond acceptors (Lipinski definition) is 4. The maximum absolute atomic E-state index is 11.7. The van der Waals surface area contributed by atoms with Gasteiger partial charge >= 0.3 is 0 Å². The Bertz CT molecular complexity index is 568. The van der Waals surface area contributed by atoms with Crippen LogP contribution in [0.1, 0.15) is 24.8 Å². The zero-order chi connectivity index (χ0) is 13.1. The van der Waals surface area contributed by atoms with Crippen LogP contribution < -0.4 is 11.1 Å². The van der Waals surface area contributed by atoms with E-state index in [1.165, 1.54) is 0 Å². The first-order valence-electron chi connectivity index (χ1n) is 5.97. The first kappa shape index (κ1) is 15.9. The quantitative estimate of drug-likeness (QED) is 0.911. The number of halogens is 1. The monoisotopic (exact) mass is 299 g/mol. The molecule has 0 bridgehead atoms. The second-order valence-corrected chi connectivity index (χ2v) is 5.71. The van der Waals surface area contributed by atoms with Crippen LogP contribution in [0, 0.1) is 6.92 Å². The average molecular weight is 300 g/mol. The molecule has 1 aromatic carbocycles. The fraction of sp³-hybridized carbons (Fsp3) is 0.385. The fourth-order valence-corrected chi connectivity index (χ4v) is 2.57. The second-order valence-electron chi connectivity index (χ2n) is 4.48. The molecule has 0 fully saturated rings. The minimum absolute atomic E-state index is 0. The number of fused-ring (bicyclic) bond motifs is 1. The molecule has 2 aromatic rings. The van der Waals surface area contributed by atoms with Crippen molar-refractivity contribution in [2.24, 2.45) is 5.73 Å². The van der Waals surface area contributed by atoms with Crippen molar-refractivity contribution in [3.8, 4) is 0 Å². The van der Waals surface area contributed by atoms with Crippen molar-refractivity contribution in [2.45, 2.75) is 32.7 Å². The van der Waals surface area contributed by atoms with E-state index in [9.17, 15) is 4.79 Å². The molecule has 4 nitrogen and oxygen atoms in total. The molecule has 0 radical (unpaired) electrons. The van der Waals surface area contributed by atoms with Crippen LogP contribution in [-0.4, -0.2) is 16.9 Å². The van der Waals surface area contributed by atoms with Gasteiger partial charge in [0.05, 0.1) is 15.2 Å². The molecule has 0 saturated carbocycles. The number of nitrogens with two attached hydrogens (primary N) is 1. The SMILES string of the molecule is Cc1nc2ccc(NC(=O)CCC(C)N)cc2s1.Cl. The summed E-state index contributed by atoms with van der Waals surface area (Å²) in [5.74, 6) is 0.00730. The van der Waals surface area contributed by atoms with Gasteiger partial charge in [-0.05, 0) is 38.5 Å². The van der Waals surface area contributed by atoms with Crippen molar-refractivity contribution in [2.75, 3.05) is 5.32 Å². The Kier molecular flexibility index (Phi) is 5.72. The predicted molar refractivity (Wildman–Crippen MR) is 83.1 cm³/mol. The first-order chi connectivity index (χ1) is 8.54. The van der Waals surface area contributed by atoms with E-state index in [1.54, 1.807) is 11.3 Å². The van der Waals surface area contributed by atoms with Gasteiger partial charge in [0.25, 0.3) is 0 Å². The number of nitrogens with zero attached hydrogens (tertiary/aromatic N) is 1. The minimum Gasteiger partial charge on any atom is -0.328 e. The van der Waals surface area contributed by atoms with E-state index < -0.39 is 0 Å². The highest BCUT2D eigenvalue weighted by Gasteiger charge is 2.06. The zero-order valence-corrected chi connectivity index (χ0v) is 12.6. The third-order valence-electron chi connectivity index (χ3n) is 2.61. The molecule has 0 aliphatic heterocycles. The Hall–Kier alpha value is -1.17. The lowest BCUT2D eigenvalue weighted by atomic mass is 10.2. The zero-order valence-electron chi connectivity index (χ0n) is 11.0. The molecular weight excluding hydrogens is 282 g/mol. The Balaban J connectivity index is 0.00000180. The number of carbonyl (C=O) groups is 1. The molecule has 1 amide bonds. The van der Waals surface area contributed by atoms with Crippen molar-refractivity contribution in [3.05, 3.63) is 23.2 Å². The number of aryl methyl sites for hydroxylation is 1. The first-order valence-corrected chi connectivity index (χ1v) is 6.79. The van der Waals surface area contributed by atoms with E-state index in [0.717, 1.165) is 20.9 Å². The number of amides is 1. The van der Waals surface area contributed by atoms with Crippen molar-refractivity contribution >= 4 is 45.6 Å². The third kappa shape index (κ3) is 4.45. The summed E-state index contributed by atoms with van der Waals surface area (Å²) >= 11 is 1.63. The number of thiazole rings is 1. The summed E-state index contributed by atoms with van der Waals surface area (Å²) in [6.07, 6.45) is 1.16. The molecule has 1 aromatic heterocycles. The lowest BCUT2D eigenvalue weighted by Gasteiger charge is -2.06. The largest absolute Gasteiger partial charge is 0.328 e. The van der Waals surface area contributed by atoms with E-state index in [4.69, 9.17) is 5.73 Å². The normalized spacial score (nSPS) is 11.9. The van der Waals surface area contributed by atoms with Crippen molar-refractivity contribution in [1.82, 2.24) is 4.98 Å². The fourth-order valence-electron chi connectivity index (χ4n) is 1.70. The Morgan fingerprint density at radius 1 is 1.53 bits per heavy atom. The third-order valence-corrected chi connectivity index (χ3v) is 3.54. The number of rotatable bonds is 4. The van der Waals surface area contributed by atoms with Crippen molar-refractivity contribution in [3.63, 3.8) is 0 Å². The summed E-state index contributed by atoms with van der Waals surface area (Å²) < 4.78 is 1.09. The Labute approximate surface area is 122 Å². The highest BCUT2D eigenvalue weighted by atomic mass is 35.5. The van der Waals surface area contributed by atoms with Crippen molar-refractivity contribution < 1.29 is 4.79 Å². The van der Waals surface area contributed by atoms with E-state index in [-0.39, 0.29) is 24.4 Å². The van der Waals surface area contributed by atoms with Crippen LogP contribution in [0.15, 0.2) is 18.2 Å². The van der Waals surface area contributed by atoms with Gasteiger partial charge in [-0.3, -0.25) is 4.79 Å². The number of carbonyl (C=O) groups excluding carboxylic acids is 1. The highest BCUT2D eigenvalue weighted by Crippen LogP contribution is 2.24. The van der Waals surface area contributed by atoms with E-state index in [0.29, 0.717) is 12.8 Å². The van der Waals surface area contributed by atoms with Crippen LogP contribution >= 0.6 is 23.7 Å². The van der Waals surface area contributed by atoms with E-state index in [1.807, 2.05) is 32.0 Å². The van der Waals surface area contributed by atoms with Gasteiger partial charge in [0, 0.05) is 18.2 Å². The van der Waals surface area contributed by atoms with Gasteiger partial charge in [0.2, 0.25) is 5.91 Å². The summed E-state index contributed by atoms with van der Waals surface area (Å²) in [5, 5.41) is 3.92. The van der Waals surface area contributed by atoms with Gasteiger partial charge in [-0.2, -0.15) is 0 Å². The van der Waals surface area contributed by atoms with E-state index >= 15 is 0 Å². The molecule has 3 N–H and O–H groups in total. The van der Waals surface area contributed by atoms with Crippen LogP contribution in [0.4, 0.5) is 5.69 Å². The maximum Gasteiger partial charge on any atom is 0.224 e. The summed E-state index contributed by atoms with van der Waals surface area (Å²) in [6, 6.07) is 5.83. The molecule has 1 unspecified atom stereocenters. The molecule has 0 aliphatic carbocycles. The van der Waals surface area contributed by atoms with E-state index in [2.05, 4.69) is 10.3 Å². The van der Waals surface area contributed by atoms with Gasteiger partial charge in [0.15, 0.2) is 0 Å². The summed E-state index contributed by atoms with van der Waals surface area (Å²) in [7, 11) is 0. The molecule has 0 aliphatic rings. The molecular formula is C13H18ClN3OS. The van der Waals surface area contributed by atoms with Gasteiger partial charge in [-0.25, -0.2) is 4.98 Å². The Morgan fingerprint density at radius 3 is 2.95 bits per heavy atom. The molecule has 0 spiro atoms. The standard InChI is InChI=1S/C13H17N3OS.ClH/c1-8(14)3-6-13(17)16-10-4-5-11-12(7-10)18-9(2)15-11;/h4-5,7-8H,3,6,14H2,1-2H3,(H,16,17);1H. The summed E-state index contributed by atoms with van der Waals surface area (Å²) in [5.41, 5.74) is 7.42. The number of nitrogens with one attached hydrogen (secondary N) is 1. The molecule has 2 rings (SSSR count). The number of aromatic nitrogens is 1.